The minimum atomic E-state index is -0.524. The van der Waals surface area contributed by atoms with E-state index in [1.165, 1.54) is 0 Å². The Morgan fingerprint density at radius 3 is 2.94 bits per heavy atom. The predicted molar refractivity (Wildman–Crippen MR) is 70.5 cm³/mol. The molecule has 0 radical (unpaired) electrons. The van der Waals surface area contributed by atoms with Gasteiger partial charge < -0.3 is 10.0 Å². The molecule has 17 heavy (non-hydrogen) atoms. The quantitative estimate of drug-likeness (QED) is 0.645. The molecule has 0 bridgehead atoms. The molecule has 4 nitrogen and oxygen atoms in total. The first kappa shape index (κ1) is 12.6. The standard InChI is InChI=1S/C12H19N3OS/c1-12(16)4-3-6-15(7-5-12)10-8-11(17-2)14-9-13-10/h8-9,16H,3-7H2,1-2H3. The van der Waals surface area contributed by atoms with E-state index in [4.69, 9.17) is 0 Å². The van der Waals surface area contributed by atoms with Crippen molar-refractivity contribution in [2.45, 2.75) is 36.8 Å². The molecule has 1 fully saturated rings. The first-order valence-corrected chi connectivity index (χ1v) is 7.16. The highest BCUT2D eigenvalue weighted by molar-refractivity contribution is 7.98. The molecule has 0 spiro atoms. The van der Waals surface area contributed by atoms with E-state index >= 15 is 0 Å². The maximum Gasteiger partial charge on any atom is 0.133 e. The van der Waals surface area contributed by atoms with Crippen molar-refractivity contribution < 1.29 is 5.11 Å². The van der Waals surface area contributed by atoms with Crippen LogP contribution in [0.15, 0.2) is 17.4 Å². The normalized spacial score (nSPS) is 25.7. The van der Waals surface area contributed by atoms with Crippen LogP contribution in [-0.2, 0) is 0 Å². The Kier molecular flexibility index (Phi) is 3.89. The maximum absolute atomic E-state index is 10.1. The lowest BCUT2D eigenvalue weighted by Gasteiger charge is -2.23. The van der Waals surface area contributed by atoms with Gasteiger partial charge in [-0.1, -0.05) is 0 Å². The lowest BCUT2D eigenvalue weighted by atomic mass is 9.98. The van der Waals surface area contributed by atoms with E-state index in [1.54, 1.807) is 18.1 Å². The second kappa shape index (κ2) is 5.23. The smallest absolute Gasteiger partial charge is 0.133 e. The molecule has 2 heterocycles. The average molecular weight is 253 g/mol. The summed E-state index contributed by atoms with van der Waals surface area (Å²) in [6.45, 7) is 3.74. The summed E-state index contributed by atoms with van der Waals surface area (Å²) in [4.78, 5) is 10.7. The first-order valence-electron chi connectivity index (χ1n) is 5.94. The molecule has 1 aliphatic heterocycles. The lowest BCUT2D eigenvalue weighted by molar-refractivity contribution is 0.0481. The van der Waals surface area contributed by atoms with Crippen LogP contribution in [0, 0.1) is 0 Å². The van der Waals surface area contributed by atoms with Gasteiger partial charge in [-0.2, -0.15) is 0 Å². The summed E-state index contributed by atoms with van der Waals surface area (Å²) >= 11 is 1.62. The molecule has 0 aliphatic carbocycles. The SMILES string of the molecule is CSc1cc(N2CCCC(C)(O)CC2)ncn1. The number of thioether (sulfide) groups is 1. The largest absolute Gasteiger partial charge is 0.390 e. The number of aliphatic hydroxyl groups is 1. The summed E-state index contributed by atoms with van der Waals surface area (Å²) in [6, 6.07) is 2.02. The number of hydrogen-bond acceptors (Lipinski definition) is 5. The molecule has 1 aromatic rings. The van der Waals surface area contributed by atoms with Gasteiger partial charge in [0.1, 0.15) is 17.2 Å². The molecule has 1 unspecified atom stereocenters. The molecule has 5 heteroatoms. The number of rotatable bonds is 2. The first-order chi connectivity index (χ1) is 8.11. The van der Waals surface area contributed by atoms with Gasteiger partial charge in [-0.3, -0.25) is 0 Å². The van der Waals surface area contributed by atoms with Gasteiger partial charge in [0.2, 0.25) is 0 Å². The van der Waals surface area contributed by atoms with Crippen LogP contribution in [0.2, 0.25) is 0 Å². The zero-order chi connectivity index (χ0) is 12.3. The van der Waals surface area contributed by atoms with Crippen LogP contribution < -0.4 is 4.90 Å². The van der Waals surface area contributed by atoms with Crippen molar-refractivity contribution in [2.24, 2.45) is 0 Å². The zero-order valence-corrected chi connectivity index (χ0v) is 11.2. The summed E-state index contributed by atoms with van der Waals surface area (Å²) in [5.41, 5.74) is -0.524. The van der Waals surface area contributed by atoms with E-state index < -0.39 is 5.60 Å². The van der Waals surface area contributed by atoms with Crippen LogP contribution in [-0.4, -0.2) is 40.0 Å². The van der Waals surface area contributed by atoms with Gasteiger partial charge in [0, 0.05) is 19.2 Å². The van der Waals surface area contributed by atoms with E-state index in [2.05, 4.69) is 14.9 Å². The minimum absolute atomic E-state index is 0.524. The van der Waals surface area contributed by atoms with Gasteiger partial charge in [-0.05, 0) is 32.4 Å². The summed E-state index contributed by atoms with van der Waals surface area (Å²) in [5, 5.41) is 11.0. The van der Waals surface area contributed by atoms with Crippen LogP contribution in [0.25, 0.3) is 0 Å². The molecule has 94 valence electrons. The molecular weight excluding hydrogens is 234 g/mol. The Balaban J connectivity index is 2.11. The van der Waals surface area contributed by atoms with Gasteiger partial charge in [-0.25, -0.2) is 9.97 Å². The van der Waals surface area contributed by atoms with Crippen LogP contribution in [0.3, 0.4) is 0 Å². The van der Waals surface area contributed by atoms with Crippen LogP contribution >= 0.6 is 11.8 Å². The molecule has 0 amide bonds. The van der Waals surface area contributed by atoms with Gasteiger partial charge in [0.05, 0.1) is 5.60 Å². The van der Waals surface area contributed by atoms with Crippen LogP contribution in [0.1, 0.15) is 26.2 Å². The van der Waals surface area contributed by atoms with Crippen LogP contribution in [0.4, 0.5) is 5.82 Å². The van der Waals surface area contributed by atoms with E-state index in [0.717, 1.165) is 43.2 Å². The van der Waals surface area contributed by atoms with Gasteiger partial charge >= 0.3 is 0 Å². The lowest BCUT2D eigenvalue weighted by Crippen LogP contribution is -2.28. The molecule has 0 aromatic carbocycles. The minimum Gasteiger partial charge on any atom is -0.390 e. The van der Waals surface area contributed by atoms with E-state index in [1.807, 2.05) is 19.2 Å². The Labute approximate surface area is 106 Å². The Bertz CT molecular complexity index is 384. The summed E-state index contributed by atoms with van der Waals surface area (Å²) < 4.78 is 0. The molecule has 1 N–H and O–H groups in total. The summed E-state index contributed by atoms with van der Waals surface area (Å²) in [7, 11) is 0. The van der Waals surface area contributed by atoms with Crippen molar-refractivity contribution in [1.29, 1.82) is 0 Å². The maximum atomic E-state index is 10.1. The Hall–Kier alpha value is -0.810. The van der Waals surface area contributed by atoms with Crippen molar-refractivity contribution in [1.82, 2.24) is 9.97 Å². The van der Waals surface area contributed by atoms with Gasteiger partial charge in [0.15, 0.2) is 0 Å². The fourth-order valence-electron chi connectivity index (χ4n) is 2.11. The van der Waals surface area contributed by atoms with Crippen molar-refractivity contribution in [3.63, 3.8) is 0 Å². The molecule has 2 rings (SSSR count). The highest BCUT2D eigenvalue weighted by Crippen LogP contribution is 2.25. The predicted octanol–water partition coefficient (Wildman–Crippen LogP) is 1.94. The molecule has 1 atom stereocenters. The monoisotopic (exact) mass is 253 g/mol. The summed E-state index contributed by atoms with van der Waals surface area (Å²) in [6.07, 6.45) is 6.30. The average Bonchev–Trinajstić information content (AvgIpc) is 2.50. The third-order valence-electron chi connectivity index (χ3n) is 3.22. The van der Waals surface area contributed by atoms with Gasteiger partial charge in [-0.15, -0.1) is 11.8 Å². The molecule has 1 aliphatic rings. The third-order valence-corrected chi connectivity index (χ3v) is 3.87. The van der Waals surface area contributed by atoms with Crippen molar-refractivity contribution in [2.75, 3.05) is 24.2 Å². The summed E-state index contributed by atoms with van der Waals surface area (Å²) in [5.74, 6) is 0.974. The molecule has 0 saturated carbocycles. The highest BCUT2D eigenvalue weighted by Gasteiger charge is 2.25. The van der Waals surface area contributed by atoms with Crippen molar-refractivity contribution >= 4 is 17.6 Å². The number of anilines is 1. The van der Waals surface area contributed by atoms with E-state index in [9.17, 15) is 5.11 Å². The fraction of sp³-hybridized carbons (Fsp3) is 0.667. The fourth-order valence-corrected chi connectivity index (χ4v) is 2.48. The number of aromatic nitrogens is 2. The highest BCUT2D eigenvalue weighted by atomic mass is 32.2. The Morgan fingerprint density at radius 1 is 1.35 bits per heavy atom. The Morgan fingerprint density at radius 2 is 2.18 bits per heavy atom. The molecule has 1 saturated heterocycles. The number of nitrogens with zero attached hydrogens (tertiary/aromatic N) is 3. The van der Waals surface area contributed by atoms with Crippen molar-refractivity contribution in [3.8, 4) is 0 Å². The molecule has 1 aromatic heterocycles. The second-order valence-corrected chi connectivity index (χ2v) is 5.58. The topological polar surface area (TPSA) is 49.2 Å². The van der Waals surface area contributed by atoms with E-state index in [0.29, 0.717) is 0 Å². The second-order valence-electron chi connectivity index (χ2n) is 4.76. The number of hydrogen-bond donors (Lipinski definition) is 1. The van der Waals surface area contributed by atoms with Gasteiger partial charge in [0.25, 0.3) is 0 Å². The van der Waals surface area contributed by atoms with Crippen LogP contribution in [0.5, 0.6) is 0 Å². The third kappa shape index (κ3) is 3.33. The van der Waals surface area contributed by atoms with E-state index in [-0.39, 0.29) is 0 Å². The molecular formula is C12H19N3OS. The van der Waals surface area contributed by atoms with Crippen molar-refractivity contribution in [3.05, 3.63) is 12.4 Å². The zero-order valence-electron chi connectivity index (χ0n) is 10.4.